The van der Waals surface area contributed by atoms with Gasteiger partial charge in [-0.2, -0.15) is 5.26 Å². The van der Waals surface area contributed by atoms with Crippen molar-refractivity contribution in [2.45, 2.75) is 43.4 Å². The van der Waals surface area contributed by atoms with Crippen LogP contribution >= 0.6 is 23.1 Å². The smallest absolute Gasteiger partial charge is 0.272 e. The van der Waals surface area contributed by atoms with Crippen molar-refractivity contribution in [2.75, 3.05) is 17.2 Å². The summed E-state index contributed by atoms with van der Waals surface area (Å²) in [5.41, 5.74) is 2.21. The van der Waals surface area contributed by atoms with Gasteiger partial charge in [-0.15, -0.1) is 23.1 Å². The predicted molar refractivity (Wildman–Crippen MR) is 178 cm³/mol. The van der Waals surface area contributed by atoms with Crippen LogP contribution in [0.25, 0.3) is 6.08 Å². The zero-order valence-corrected chi connectivity index (χ0v) is 26.8. The first-order chi connectivity index (χ1) is 22.2. The molecule has 0 radical (unpaired) electrons. The van der Waals surface area contributed by atoms with Gasteiger partial charge in [-0.1, -0.05) is 31.2 Å². The minimum absolute atomic E-state index is 0.00830. The highest BCUT2D eigenvalue weighted by atomic mass is 32.2. The first kappa shape index (κ1) is 32.3. The first-order valence-corrected chi connectivity index (χ1v) is 16.3. The molecule has 4 aromatic rings. The van der Waals surface area contributed by atoms with Crippen LogP contribution < -0.4 is 16.0 Å². The van der Waals surface area contributed by atoms with E-state index in [0.717, 1.165) is 15.3 Å². The van der Waals surface area contributed by atoms with Crippen LogP contribution in [0.4, 0.5) is 10.7 Å². The van der Waals surface area contributed by atoms with Gasteiger partial charge < -0.3 is 25.3 Å². The molecule has 2 aromatic carbocycles. The number of hydrogen-bond acceptors (Lipinski definition) is 8. The number of hydrogen-bond donors (Lipinski definition) is 3. The average Bonchev–Trinajstić information content (AvgIpc) is 3.70. The van der Waals surface area contributed by atoms with Crippen molar-refractivity contribution in [2.24, 2.45) is 0 Å². The molecule has 10 nitrogen and oxygen atoms in total. The fourth-order valence-electron chi connectivity index (χ4n) is 4.86. The van der Waals surface area contributed by atoms with E-state index in [9.17, 15) is 24.4 Å². The van der Waals surface area contributed by atoms with Crippen molar-refractivity contribution in [3.05, 3.63) is 106 Å². The maximum absolute atomic E-state index is 13.4. The van der Waals surface area contributed by atoms with Crippen molar-refractivity contribution in [1.82, 2.24) is 10.2 Å². The van der Waals surface area contributed by atoms with Crippen LogP contribution in [0.5, 0.6) is 0 Å². The second kappa shape index (κ2) is 14.8. The quantitative estimate of drug-likeness (QED) is 0.140. The zero-order valence-electron chi connectivity index (χ0n) is 25.2. The average molecular weight is 654 g/mol. The molecule has 0 fully saturated rings. The number of carbonyl (C=O) groups is 4. The summed E-state index contributed by atoms with van der Waals surface area (Å²) in [6, 6.07) is 21.2. The van der Waals surface area contributed by atoms with Gasteiger partial charge >= 0.3 is 0 Å². The summed E-state index contributed by atoms with van der Waals surface area (Å²) in [5, 5.41) is 18.3. The fourth-order valence-corrected chi connectivity index (χ4v) is 7.09. The molecule has 12 heteroatoms. The summed E-state index contributed by atoms with van der Waals surface area (Å²) in [6.45, 7) is 4.40. The molecule has 3 heterocycles. The first-order valence-electron chi connectivity index (χ1n) is 14.6. The van der Waals surface area contributed by atoms with Gasteiger partial charge in [0.1, 0.15) is 22.5 Å². The Kier molecular flexibility index (Phi) is 10.4. The summed E-state index contributed by atoms with van der Waals surface area (Å²) >= 11 is 2.68. The van der Waals surface area contributed by atoms with E-state index in [1.807, 2.05) is 13.0 Å². The Morgan fingerprint density at radius 1 is 1.09 bits per heavy atom. The fraction of sp³-hybridized carbons (Fsp3) is 0.206. The number of rotatable bonds is 10. The second-order valence-electron chi connectivity index (χ2n) is 10.4. The summed E-state index contributed by atoms with van der Waals surface area (Å²) in [5.74, 6) is -0.876. The van der Waals surface area contributed by atoms with Crippen LogP contribution in [-0.2, 0) is 27.3 Å². The van der Waals surface area contributed by atoms with Gasteiger partial charge in [0.25, 0.3) is 11.8 Å². The van der Waals surface area contributed by atoms with Crippen LogP contribution in [-0.4, -0.2) is 40.3 Å². The molecule has 5 rings (SSSR count). The van der Waals surface area contributed by atoms with Crippen LogP contribution in [0, 0.1) is 11.3 Å². The molecule has 234 valence electrons. The third-order valence-electron chi connectivity index (χ3n) is 7.24. The summed E-state index contributed by atoms with van der Waals surface area (Å²) < 4.78 is 5.36. The standard InChI is InChI=1S/C34H31N5O5S2/c1-3-29(33(43)38-34-27(19-35)26-14-15-39(21(2)40)20-30(26)46-34)45-25-13-7-11-23(17-25)36-32(42)28(18-24-12-8-16-44-24)37-31(41)22-9-5-4-6-10-22/h4-13,16-18,29H,3,14-15,20H2,1-2H3,(H,36,42)(H,37,41)(H,38,43)/b28-18-. The number of amides is 4. The molecule has 4 amide bonds. The molecule has 0 aliphatic carbocycles. The lowest BCUT2D eigenvalue weighted by Gasteiger charge is -2.25. The Morgan fingerprint density at radius 2 is 1.89 bits per heavy atom. The highest BCUT2D eigenvalue weighted by molar-refractivity contribution is 8.00. The minimum atomic E-state index is -0.554. The Labute approximate surface area is 274 Å². The molecule has 1 aliphatic heterocycles. The van der Waals surface area contributed by atoms with Gasteiger partial charge in [0.2, 0.25) is 11.8 Å². The summed E-state index contributed by atoms with van der Waals surface area (Å²) in [6.07, 6.45) is 4.00. The van der Waals surface area contributed by atoms with Crippen molar-refractivity contribution < 1.29 is 23.6 Å². The highest BCUT2D eigenvalue weighted by Gasteiger charge is 2.28. The Hall–Kier alpha value is -5.12. The highest BCUT2D eigenvalue weighted by Crippen LogP contribution is 2.37. The SMILES string of the molecule is CCC(Sc1cccc(NC(=O)/C(=C/c2ccco2)NC(=O)c2ccccc2)c1)C(=O)Nc1sc2c(c1C#N)CCN(C(C)=O)C2. The third kappa shape index (κ3) is 7.74. The van der Waals surface area contributed by atoms with E-state index in [-0.39, 0.29) is 17.5 Å². The van der Waals surface area contributed by atoms with Gasteiger partial charge in [-0.3, -0.25) is 19.2 Å². The molecule has 0 saturated carbocycles. The van der Waals surface area contributed by atoms with Crippen LogP contribution in [0.2, 0.25) is 0 Å². The summed E-state index contributed by atoms with van der Waals surface area (Å²) in [4.78, 5) is 54.9. The second-order valence-corrected chi connectivity index (χ2v) is 12.8. The van der Waals surface area contributed by atoms with Crippen LogP contribution in [0.1, 0.15) is 52.4 Å². The molecular formula is C34H31N5O5S2. The van der Waals surface area contributed by atoms with Crippen molar-refractivity contribution in [3.8, 4) is 6.07 Å². The lowest BCUT2D eigenvalue weighted by molar-refractivity contribution is -0.129. The van der Waals surface area contributed by atoms with Gasteiger partial charge in [0.15, 0.2) is 0 Å². The van der Waals surface area contributed by atoms with E-state index in [0.29, 0.717) is 53.5 Å². The van der Waals surface area contributed by atoms with Gasteiger partial charge in [-0.25, -0.2) is 0 Å². The zero-order chi connectivity index (χ0) is 32.6. The van der Waals surface area contributed by atoms with E-state index in [1.165, 1.54) is 42.4 Å². The number of nitrogens with zero attached hydrogens (tertiary/aromatic N) is 2. The van der Waals surface area contributed by atoms with Crippen molar-refractivity contribution >= 4 is 63.5 Å². The maximum atomic E-state index is 13.4. The molecule has 46 heavy (non-hydrogen) atoms. The number of furan rings is 1. The van der Waals surface area contributed by atoms with Crippen molar-refractivity contribution in [3.63, 3.8) is 0 Å². The molecule has 0 saturated heterocycles. The van der Waals surface area contributed by atoms with Crippen LogP contribution in [0.15, 0.2) is 88.0 Å². The van der Waals surface area contributed by atoms with E-state index >= 15 is 0 Å². The number of thiophene rings is 1. The molecule has 1 aliphatic rings. The Morgan fingerprint density at radius 3 is 2.59 bits per heavy atom. The number of nitriles is 1. The molecule has 1 unspecified atom stereocenters. The van der Waals surface area contributed by atoms with Crippen LogP contribution in [0.3, 0.4) is 0 Å². The van der Waals surface area contributed by atoms with E-state index in [2.05, 4.69) is 22.0 Å². The Bertz CT molecular complexity index is 1830. The minimum Gasteiger partial charge on any atom is -0.465 e. The predicted octanol–water partition coefficient (Wildman–Crippen LogP) is 6.04. The normalized spacial score (nSPS) is 13.2. The number of carbonyl (C=O) groups excluding carboxylic acids is 4. The largest absolute Gasteiger partial charge is 0.465 e. The third-order valence-corrected chi connectivity index (χ3v) is 9.73. The molecule has 0 bridgehead atoms. The van der Waals surface area contributed by atoms with Gasteiger partial charge in [0.05, 0.1) is 23.6 Å². The summed E-state index contributed by atoms with van der Waals surface area (Å²) in [7, 11) is 0. The van der Waals surface area contributed by atoms with E-state index in [4.69, 9.17) is 4.42 Å². The topological polar surface area (TPSA) is 145 Å². The molecule has 0 spiro atoms. The van der Waals surface area contributed by atoms with E-state index in [1.54, 1.807) is 65.6 Å². The number of benzene rings is 2. The number of nitrogens with one attached hydrogen (secondary N) is 3. The van der Waals surface area contributed by atoms with Gasteiger partial charge in [0, 0.05) is 40.6 Å². The number of anilines is 2. The van der Waals surface area contributed by atoms with Crippen molar-refractivity contribution in [1.29, 1.82) is 5.26 Å². The van der Waals surface area contributed by atoms with E-state index < -0.39 is 17.1 Å². The molecular weight excluding hydrogens is 623 g/mol. The molecule has 3 N–H and O–H groups in total. The number of thioether (sulfide) groups is 1. The molecule has 2 aromatic heterocycles. The monoisotopic (exact) mass is 653 g/mol. The lowest BCUT2D eigenvalue weighted by atomic mass is 10.0. The number of fused-ring (bicyclic) bond motifs is 1. The van der Waals surface area contributed by atoms with Gasteiger partial charge in [-0.05, 0) is 60.9 Å². The lowest BCUT2D eigenvalue weighted by Crippen LogP contribution is -2.33. The maximum Gasteiger partial charge on any atom is 0.272 e. The molecule has 1 atom stereocenters. The Balaban J connectivity index is 1.28.